The lowest BCUT2D eigenvalue weighted by Gasteiger charge is -2.39. The summed E-state index contributed by atoms with van der Waals surface area (Å²) in [7, 11) is 0. The Morgan fingerprint density at radius 3 is 2.27 bits per heavy atom. The number of nitrogen functional groups attached to an aromatic ring is 1. The minimum Gasteiger partial charge on any atom is -0.368 e. The molecule has 0 atom stereocenters. The molecule has 3 aromatic rings. The van der Waals surface area contributed by atoms with Gasteiger partial charge < -0.3 is 10.3 Å². The Hall–Kier alpha value is -1.96. The minimum atomic E-state index is -1.74. The Labute approximate surface area is 163 Å². The van der Waals surface area contributed by atoms with E-state index in [2.05, 4.69) is 25.1 Å². The number of nitrogens with two attached hydrogens (primary N) is 1. The smallest absolute Gasteiger partial charge is 0.278 e. The van der Waals surface area contributed by atoms with E-state index in [0.29, 0.717) is 5.82 Å². The molecule has 1 aliphatic carbocycles. The average molecular weight is 412 g/mol. The van der Waals surface area contributed by atoms with Crippen molar-refractivity contribution < 1.29 is 4.52 Å². The van der Waals surface area contributed by atoms with Crippen LogP contribution in [0.25, 0.3) is 11.3 Å². The van der Waals surface area contributed by atoms with Gasteiger partial charge in [-0.1, -0.05) is 52.4 Å². The lowest BCUT2D eigenvalue weighted by atomic mass is 9.64. The van der Waals surface area contributed by atoms with E-state index < -0.39 is 3.79 Å². The molecule has 10 heteroatoms. The molecule has 1 fully saturated rings. The highest BCUT2D eigenvalue weighted by atomic mass is 35.6. The van der Waals surface area contributed by atoms with Gasteiger partial charge in [-0.05, 0) is 24.5 Å². The first-order valence-corrected chi connectivity index (χ1v) is 8.98. The highest BCUT2D eigenvalue weighted by Gasteiger charge is 2.46. The molecule has 0 spiro atoms. The number of anilines is 1. The Balaban J connectivity index is 1.66. The van der Waals surface area contributed by atoms with Crippen molar-refractivity contribution in [3.63, 3.8) is 0 Å². The summed E-state index contributed by atoms with van der Waals surface area (Å²) in [6.07, 6.45) is 7.86. The lowest BCUT2D eigenvalue weighted by molar-refractivity contribution is 0.270. The molecule has 7 nitrogen and oxygen atoms in total. The fourth-order valence-electron chi connectivity index (χ4n) is 3.02. The van der Waals surface area contributed by atoms with E-state index in [-0.39, 0.29) is 17.3 Å². The third-order valence-corrected chi connectivity index (χ3v) is 5.07. The molecule has 4 rings (SSSR count). The summed E-state index contributed by atoms with van der Waals surface area (Å²) in [6.45, 7) is 0. The molecule has 0 unspecified atom stereocenters. The Morgan fingerprint density at radius 1 is 1.04 bits per heavy atom. The van der Waals surface area contributed by atoms with E-state index >= 15 is 0 Å². The quantitative estimate of drug-likeness (QED) is 0.654. The number of rotatable bonds is 3. The van der Waals surface area contributed by atoms with Crippen LogP contribution in [0.3, 0.4) is 0 Å². The van der Waals surface area contributed by atoms with Crippen LogP contribution in [0.4, 0.5) is 5.95 Å². The number of aromatic nitrogens is 5. The summed E-state index contributed by atoms with van der Waals surface area (Å²) >= 11 is 17.5. The fourth-order valence-corrected chi connectivity index (χ4v) is 3.25. The van der Waals surface area contributed by atoms with Crippen LogP contribution >= 0.6 is 34.8 Å². The summed E-state index contributed by atoms with van der Waals surface area (Å²) in [5, 5.41) is 4.04. The molecule has 1 aliphatic rings. The zero-order valence-corrected chi connectivity index (χ0v) is 15.6. The second kappa shape index (κ2) is 6.33. The lowest BCUT2D eigenvalue weighted by Crippen LogP contribution is -2.36. The predicted octanol–water partition coefficient (Wildman–Crippen LogP) is 3.80. The van der Waals surface area contributed by atoms with Gasteiger partial charge in [-0.15, -0.1) is 0 Å². The summed E-state index contributed by atoms with van der Waals surface area (Å²) in [4.78, 5) is 16.8. The van der Waals surface area contributed by atoms with Gasteiger partial charge in [-0.2, -0.15) is 4.98 Å². The standard InChI is InChI=1S/C16H13Cl3N6O/c17-16(18,19)13-24-12(25-26-13)15(4-1-5-15)10-2-3-11(21-8-10)9-6-22-14(20)23-7-9/h2-3,6-8H,1,4-5H2,(H2,20,22,23). The van der Waals surface area contributed by atoms with Crippen LogP contribution in [0.2, 0.25) is 0 Å². The van der Waals surface area contributed by atoms with E-state index in [1.807, 2.05) is 12.1 Å². The van der Waals surface area contributed by atoms with Crippen LogP contribution in [-0.4, -0.2) is 25.1 Å². The summed E-state index contributed by atoms with van der Waals surface area (Å²) in [6, 6.07) is 3.89. The second-order valence-electron chi connectivity index (χ2n) is 6.12. The van der Waals surface area contributed by atoms with E-state index in [1.54, 1.807) is 18.6 Å². The molecular weight excluding hydrogens is 399 g/mol. The summed E-state index contributed by atoms with van der Waals surface area (Å²) in [5.41, 5.74) is 7.66. The zero-order valence-electron chi connectivity index (χ0n) is 13.4. The van der Waals surface area contributed by atoms with Crippen molar-refractivity contribution in [3.8, 4) is 11.3 Å². The second-order valence-corrected chi connectivity index (χ2v) is 8.40. The molecule has 3 aromatic heterocycles. The van der Waals surface area contributed by atoms with E-state index in [9.17, 15) is 0 Å². The van der Waals surface area contributed by atoms with Crippen molar-refractivity contribution >= 4 is 40.8 Å². The monoisotopic (exact) mass is 410 g/mol. The maximum atomic E-state index is 5.83. The Bertz CT molecular complexity index is 916. The van der Waals surface area contributed by atoms with Gasteiger partial charge in [0.25, 0.3) is 9.68 Å². The third-order valence-electron chi connectivity index (χ3n) is 4.59. The molecular formula is C16H13Cl3N6O. The SMILES string of the molecule is Nc1ncc(-c2ccc(C3(c4noc(C(Cl)(Cl)Cl)n4)CCC3)cn2)cn1. The molecule has 134 valence electrons. The molecule has 1 saturated carbocycles. The maximum Gasteiger partial charge on any atom is 0.278 e. The highest BCUT2D eigenvalue weighted by Crippen LogP contribution is 2.48. The van der Waals surface area contributed by atoms with Crippen LogP contribution in [0.15, 0.2) is 35.2 Å². The average Bonchev–Trinajstić information content (AvgIpc) is 3.06. The number of hydrogen-bond acceptors (Lipinski definition) is 7. The number of hydrogen-bond donors (Lipinski definition) is 1. The summed E-state index contributed by atoms with van der Waals surface area (Å²) < 4.78 is 3.39. The molecule has 0 radical (unpaired) electrons. The van der Waals surface area contributed by atoms with Gasteiger partial charge in [-0.25, -0.2) is 9.97 Å². The normalized spacial score (nSPS) is 16.3. The molecule has 0 bridgehead atoms. The fraction of sp³-hybridized carbons (Fsp3) is 0.312. The van der Waals surface area contributed by atoms with Crippen LogP contribution in [-0.2, 0) is 9.21 Å². The van der Waals surface area contributed by atoms with Crippen molar-refractivity contribution in [2.45, 2.75) is 28.5 Å². The third kappa shape index (κ3) is 3.00. The van der Waals surface area contributed by atoms with E-state index in [1.165, 1.54) is 0 Å². The topological polar surface area (TPSA) is 104 Å². The first kappa shape index (κ1) is 17.5. The first-order valence-electron chi connectivity index (χ1n) is 7.84. The van der Waals surface area contributed by atoms with Gasteiger partial charge in [0.1, 0.15) is 0 Å². The van der Waals surface area contributed by atoms with Crippen molar-refractivity contribution in [1.82, 2.24) is 25.1 Å². The number of halogens is 3. The molecule has 2 N–H and O–H groups in total. The van der Waals surface area contributed by atoms with Gasteiger partial charge in [0.15, 0.2) is 5.82 Å². The predicted molar refractivity (Wildman–Crippen MR) is 97.8 cm³/mol. The van der Waals surface area contributed by atoms with E-state index in [4.69, 9.17) is 45.1 Å². The first-order chi connectivity index (χ1) is 12.4. The zero-order chi connectivity index (χ0) is 18.4. The highest BCUT2D eigenvalue weighted by molar-refractivity contribution is 6.66. The van der Waals surface area contributed by atoms with Crippen molar-refractivity contribution in [3.05, 3.63) is 48.0 Å². The van der Waals surface area contributed by atoms with Crippen LogP contribution in [0.1, 0.15) is 36.5 Å². The Morgan fingerprint density at radius 2 is 1.77 bits per heavy atom. The van der Waals surface area contributed by atoms with Crippen LogP contribution in [0.5, 0.6) is 0 Å². The maximum absolute atomic E-state index is 5.83. The Kier molecular flexibility index (Phi) is 4.25. The van der Waals surface area contributed by atoms with Gasteiger partial charge in [0.05, 0.1) is 11.1 Å². The molecule has 0 aliphatic heterocycles. The molecule has 0 saturated heterocycles. The van der Waals surface area contributed by atoms with Crippen molar-refractivity contribution in [2.24, 2.45) is 0 Å². The van der Waals surface area contributed by atoms with Gasteiger partial charge in [0, 0.05) is 24.2 Å². The number of nitrogens with zero attached hydrogens (tertiary/aromatic N) is 5. The van der Waals surface area contributed by atoms with Gasteiger partial charge in [-0.3, -0.25) is 4.98 Å². The molecule has 0 amide bonds. The summed E-state index contributed by atoms with van der Waals surface area (Å²) in [5.74, 6) is 0.698. The molecule has 3 heterocycles. The number of pyridine rings is 1. The minimum absolute atomic E-state index is 0.0348. The van der Waals surface area contributed by atoms with Crippen molar-refractivity contribution in [2.75, 3.05) is 5.73 Å². The van der Waals surface area contributed by atoms with Crippen LogP contribution in [0, 0.1) is 0 Å². The van der Waals surface area contributed by atoms with Gasteiger partial charge >= 0.3 is 0 Å². The molecule has 0 aromatic carbocycles. The molecule has 26 heavy (non-hydrogen) atoms. The van der Waals surface area contributed by atoms with Crippen LogP contribution < -0.4 is 5.73 Å². The largest absolute Gasteiger partial charge is 0.368 e. The van der Waals surface area contributed by atoms with Crippen molar-refractivity contribution in [1.29, 1.82) is 0 Å². The number of alkyl halides is 3. The van der Waals surface area contributed by atoms with Gasteiger partial charge in [0.2, 0.25) is 5.95 Å². The van der Waals surface area contributed by atoms with E-state index in [0.717, 1.165) is 36.1 Å².